The topological polar surface area (TPSA) is 114 Å². The summed E-state index contributed by atoms with van der Waals surface area (Å²) in [6, 6.07) is 3.44. The van der Waals surface area contributed by atoms with Gasteiger partial charge in [0, 0.05) is 69.8 Å². The van der Waals surface area contributed by atoms with E-state index in [1.165, 1.54) is 6.20 Å². The van der Waals surface area contributed by atoms with Crippen molar-refractivity contribution in [2.24, 2.45) is 0 Å². The summed E-state index contributed by atoms with van der Waals surface area (Å²) < 4.78 is 15.9. The van der Waals surface area contributed by atoms with Gasteiger partial charge in [0.25, 0.3) is 0 Å². The number of hydrogen-bond acceptors (Lipinski definition) is 2. The van der Waals surface area contributed by atoms with Gasteiger partial charge in [0.15, 0.2) is 5.75 Å². The Morgan fingerprint density at radius 2 is 1.89 bits per heavy atom. The van der Waals surface area contributed by atoms with Crippen LogP contribution < -0.4 is 4.52 Å². The van der Waals surface area contributed by atoms with Crippen molar-refractivity contribution in [1.82, 2.24) is 4.98 Å². The minimum Gasteiger partial charge on any atom is -0.412 e. The van der Waals surface area contributed by atoms with Crippen molar-refractivity contribution in [3.05, 3.63) is 27.8 Å². The first-order valence-corrected chi connectivity index (χ1v) is 6.79. The summed E-state index contributed by atoms with van der Waals surface area (Å²) in [6.07, 6.45) is 1.35. The van der Waals surface area contributed by atoms with E-state index < -0.39 is 7.82 Å². The number of aromatic amines is 1. The third kappa shape index (κ3) is 5.62. The molecule has 0 saturated carbocycles. The van der Waals surface area contributed by atoms with Crippen LogP contribution in [-0.4, -0.2) is 79.4 Å². The van der Waals surface area contributed by atoms with E-state index in [9.17, 15) is 4.57 Å². The molecule has 0 amide bonds. The second kappa shape index (κ2) is 8.78. The Morgan fingerprint density at radius 1 is 1.32 bits per heavy atom. The Bertz CT molecular complexity index is 604. The summed E-state index contributed by atoms with van der Waals surface area (Å²) in [5.74, 6) is 0.0228. The van der Waals surface area contributed by atoms with Crippen molar-refractivity contribution in [2.75, 3.05) is 0 Å². The maximum atomic E-state index is 10.7. The second-order valence-electron chi connectivity index (χ2n) is 3.02. The van der Waals surface area contributed by atoms with Crippen LogP contribution in [0.2, 0.25) is 5.02 Å². The molecule has 0 aliphatic carbocycles. The average Bonchev–Trinajstić information content (AvgIpc) is 2.53. The summed E-state index contributed by atoms with van der Waals surface area (Å²) in [4.78, 5) is 20.3. The van der Waals surface area contributed by atoms with E-state index in [2.05, 4.69) is 25.4 Å². The quantitative estimate of drug-likeness (QED) is 0.532. The molecule has 2 radical (unpaired) electrons. The largest absolute Gasteiger partial charge is 0.524 e. The molecule has 19 heavy (non-hydrogen) atoms. The van der Waals surface area contributed by atoms with Crippen LogP contribution in [0, 0.1) is 0 Å². The zero-order chi connectivity index (χ0) is 11.9. The summed E-state index contributed by atoms with van der Waals surface area (Å²) in [5.41, 5.74) is 0.636. The van der Waals surface area contributed by atoms with Gasteiger partial charge >= 0.3 is 7.82 Å². The fourth-order valence-electron chi connectivity index (χ4n) is 1.33. The number of benzene rings is 1. The average molecular weight is 390 g/mol. The van der Waals surface area contributed by atoms with E-state index in [1.807, 2.05) is 0 Å². The zero-order valence-corrected chi connectivity index (χ0v) is 17.4. The van der Waals surface area contributed by atoms with Gasteiger partial charge < -0.3 is 15.0 Å². The van der Waals surface area contributed by atoms with Gasteiger partial charge in [-0.2, -0.15) is 0 Å². The van der Waals surface area contributed by atoms with Crippen LogP contribution in [0.5, 0.6) is 5.75 Å². The van der Waals surface area contributed by atoms with Crippen molar-refractivity contribution in [1.29, 1.82) is 0 Å². The van der Waals surface area contributed by atoms with Crippen molar-refractivity contribution in [3.63, 3.8) is 0 Å². The van der Waals surface area contributed by atoms with Crippen LogP contribution in [0.15, 0.2) is 22.8 Å². The van der Waals surface area contributed by atoms with Crippen LogP contribution in [0.25, 0.3) is 10.9 Å². The molecule has 6 nitrogen and oxygen atoms in total. The fraction of sp³-hybridized carbons (Fsp3) is 0. The maximum absolute atomic E-state index is 10.7. The Kier molecular flexibility index (Phi) is 10.5. The molecule has 0 spiro atoms. The molecule has 2 rings (SSSR count). The van der Waals surface area contributed by atoms with E-state index in [-0.39, 0.29) is 70.3 Å². The van der Waals surface area contributed by atoms with E-state index in [0.717, 1.165) is 0 Å². The standard InChI is InChI=1S/C8H6BrClNO4P.2Na.H2O/c9-4-1-2-5-7(8(4)10)6(3-11-5)15-16(12,13)14;;;/h1-3,11H,(H2,12,13,14);;;1H2. The molecule has 0 aliphatic rings. The minimum atomic E-state index is -4.59. The van der Waals surface area contributed by atoms with Crippen LogP contribution in [-0.2, 0) is 4.57 Å². The maximum Gasteiger partial charge on any atom is 0.524 e. The first-order chi connectivity index (χ1) is 7.38. The SMILES string of the molecule is O.O=P(O)(O)Oc1c[nH]c2ccc(Br)c(Cl)c12.[Na].[Na]. The molecule has 5 N–H and O–H groups in total. The van der Waals surface area contributed by atoms with Crippen molar-refractivity contribution < 1.29 is 24.4 Å². The first-order valence-electron chi connectivity index (χ1n) is 4.09. The molecule has 0 fully saturated rings. The van der Waals surface area contributed by atoms with Gasteiger partial charge in [0.2, 0.25) is 0 Å². The van der Waals surface area contributed by atoms with Crippen LogP contribution in [0.3, 0.4) is 0 Å². The van der Waals surface area contributed by atoms with Crippen molar-refractivity contribution in [2.45, 2.75) is 0 Å². The summed E-state index contributed by atoms with van der Waals surface area (Å²) in [7, 11) is -4.59. The molecule has 1 aromatic heterocycles. The summed E-state index contributed by atoms with van der Waals surface area (Å²) in [6.45, 7) is 0. The van der Waals surface area contributed by atoms with Crippen LogP contribution in [0.1, 0.15) is 0 Å². The van der Waals surface area contributed by atoms with Gasteiger partial charge in [-0.25, -0.2) is 4.57 Å². The number of aromatic nitrogens is 1. The number of rotatable bonds is 2. The van der Waals surface area contributed by atoms with Crippen LogP contribution in [0.4, 0.5) is 0 Å². The molecule has 0 unspecified atom stereocenters. The van der Waals surface area contributed by atoms with E-state index in [1.54, 1.807) is 12.1 Å². The molecule has 0 saturated heterocycles. The second-order valence-corrected chi connectivity index (χ2v) is 5.41. The predicted molar refractivity (Wildman–Crippen MR) is 78.8 cm³/mol. The smallest absolute Gasteiger partial charge is 0.412 e. The number of nitrogens with one attached hydrogen (secondary N) is 1. The van der Waals surface area contributed by atoms with E-state index in [0.29, 0.717) is 20.4 Å². The van der Waals surface area contributed by atoms with Crippen molar-refractivity contribution in [3.8, 4) is 5.75 Å². The third-order valence-corrected chi connectivity index (χ3v) is 3.63. The van der Waals surface area contributed by atoms with E-state index >= 15 is 0 Å². The molecule has 2 aromatic rings. The minimum absolute atomic E-state index is 0. The Hall–Kier alpha value is 1.44. The monoisotopic (exact) mass is 389 g/mol. The summed E-state index contributed by atoms with van der Waals surface area (Å²) in [5, 5.41) is 0.765. The van der Waals surface area contributed by atoms with Gasteiger partial charge in [-0.3, -0.25) is 9.79 Å². The molecule has 0 atom stereocenters. The van der Waals surface area contributed by atoms with Crippen molar-refractivity contribution >= 4 is 105 Å². The zero-order valence-electron chi connectivity index (χ0n) is 10.1. The number of phosphoric acid groups is 1. The normalized spacial score (nSPS) is 10.1. The Balaban J connectivity index is 0. The Morgan fingerprint density at radius 3 is 2.42 bits per heavy atom. The number of halogens is 2. The Labute approximate surface area is 166 Å². The third-order valence-electron chi connectivity index (χ3n) is 1.92. The molecular weight excluding hydrogens is 382 g/mol. The number of hydrogen-bond donors (Lipinski definition) is 3. The number of phosphoric ester groups is 1. The van der Waals surface area contributed by atoms with Gasteiger partial charge in [-0.05, 0) is 28.1 Å². The molecule has 11 heteroatoms. The van der Waals surface area contributed by atoms with Crippen LogP contribution >= 0.6 is 35.4 Å². The molecule has 1 heterocycles. The molecular formula is C8H8BrClNNa2O5P. The molecule has 0 bridgehead atoms. The molecule has 96 valence electrons. The van der Waals surface area contributed by atoms with Gasteiger partial charge in [-0.15, -0.1) is 0 Å². The number of fused-ring (bicyclic) bond motifs is 1. The van der Waals surface area contributed by atoms with Gasteiger partial charge in [-0.1, -0.05) is 11.6 Å². The van der Waals surface area contributed by atoms with E-state index in [4.69, 9.17) is 21.4 Å². The fourth-order valence-corrected chi connectivity index (χ4v) is 2.32. The molecule has 1 aromatic carbocycles. The van der Waals surface area contributed by atoms with Gasteiger partial charge in [0.1, 0.15) is 0 Å². The molecule has 0 aliphatic heterocycles. The first kappa shape index (κ1) is 22.7. The summed E-state index contributed by atoms with van der Waals surface area (Å²) >= 11 is 9.22. The number of H-pyrrole nitrogens is 1. The van der Waals surface area contributed by atoms with Gasteiger partial charge in [0.05, 0.1) is 15.9 Å². The predicted octanol–water partition coefficient (Wildman–Crippen LogP) is 1.47.